The molecule has 20 heavy (non-hydrogen) atoms. The van der Waals surface area contributed by atoms with Gasteiger partial charge in [-0.3, -0.25) is 14.9 Å². The molecule has 0 aliphatic heterocycles. The third kappa shape index (κ3) is 5.32. The molecule has 7 heteroatoms. The molecule has 0 saturated carbocycles. The van der Waals surface area contributed by atoms with Gasteiger partial charge in [0.25, 0.3) is 5.69 Å². The van der Waals surface area contributed by atoms with E-state index in [1.165, 1.54) is 6.07 Å². The Morgan fingerprint density at radius 2 is 2.20 bits per heavy atom. The third-order valence-corrected chi connectivity index (χ3v) is 3.51. The minimum Gasteiger partial charge on any atom is -0.379 e. The molecule has 110 valence electrons. The molecule has 0 spiro atoms. The molecule has 0 aliphatic rings. The van der Waals surface area contributed by atoms with Crippen molar-refractivity contribution < 1.29 is 9.72 Å². The predicted molar refractivity (Wildman–Crippen MR) is 86.8 cm³/mol. The lowest BCUT2D eigenvalue weighted by atomic mass is 10.2. The summed E-state index contributed by atoms with van der Waals surface area (Å²) in [6.45, 7) is 4.30. The van der Waals surface area contributed by atoms with Crippen molar-refractivity contribution in [3.8, 4) is 0 Å². The minimum absolute atomic E-state index is 0.0271. The summed E-state index contributed by atoms with van der Waals surface area (Å²) < 4.78 is 0.800. The largest absolute Gasteiger partial charge is 0.379 e. The van der Waals surface area contributed by atoms with Crippen LogP contribution in [-0.4, -0.2) is 23.4 Å². The van der Waals surface area contributed by atoms with Crippen LogP contribution in [0.25, 0.3) is 0 Å². The van der Waals surface area contributed by atoms with Crippen molar-refractivity contribution in [1.29, 1.82) is 0 Å². The first-order chi connectivity index (χ1) is 9.43. The molecule has 0 bridgehead atoms. The summed E-state index contributed by atoms with van der Waals surface area (Å²) in [5.74, 6) is -0.0555. The average molecular weight is 391 g/mol. The summed E-state index contributed by atoms with van der Waals surface area (Å²) in [5, 5.41) is 16.7. The molecule has 0 radical (unpaired) electrons. The first-order valence-corrected chi connectivity index (χ1v) is 7.49. The fourth-order valence-corrected chi connectivity index (χ4v) is 2.04. The fraction of sp³-hybridized carbons (Fsp3) is 0.462. The molecule has 6 nitrogen and oxygen atoms in total. The zero-order valence-corrected chi connectivity index (χ0v) is 13.6. The van der Waals surface area contributed by atoms with Gasteiger partial charge >= 0.3 is 0 Å². The first kappa shape index (κ1) is 16.7. The number of benzene rings is 1. The summed E-state index contributed by atoms with van der Waals surface area (Å²) >= 11 is 2.02. The van der Waals surface area contributed by atoms with Gasteiger partial charge in [0.2, 0.25) is 5.91 Å². The van der Waals surface area contributed by atoms with Gasteiger partial charge in [-0.1, -0.05) is 6.92 Å². The smallest absolute Gasteiger partial charge is 0.293 e. The van der Waals surface area contributed by atoms with Gasteiger partial charge in [0.1, 0.15) is 5.69 Å². The lowest BCUT2D eigenvalue weighted by Crippen LogP contribution is -2.32. The molecule has 0 heterocycles. The summed E-state index contributed by atoms with van der Waals surface area (Å²) in [4.78, 5) is 22.1. The Balaban J connectivity index is 2.54. The molecule has 1 amide bonds. The van der Waals surface area contributed by atoms with E-state index in [-0.39, 0.29) is 24.1 Å². The van der Waals surface area contributed by atoms with E-state index in [0.29, 0.717) is 12.2 Å². The van der Waals surface area contributed by atoms with Crippen LogP contribution in [0.1, 0.15) is 26.7 Å². The highest BCUT2D eigenvalue weighted by atomic mass is 127. The van der Waals surface area contributed by atoms with Crippen LogP contribution in [-0.2, 0) is 4.79 Å². The Hall–Kier alpha value is -1.38. The van der Waals surface area contributed by atoms with Crippen molar-refractivity contribution in [2.45, 2.75) is 32.7 Å². The second-order valence-corrected chi connectivity index (χ2v) is 5.72. The summed E-state index contributed by atoms with van der Waals surface area (Å²) in [7, 11) is 0. The van der Waals surface area contributed by atoms with E-state index in [0.717, 1.165) is 9.99 Å². The molecule has 1 aromatic carbocycles. The highest BCUT2D eigenvalue weighted by Gasteiger charge is 2.14. The lowest BCUT2D eigenvalue weighted by Gasteiger charge is -2.12. The number of halogens is 1. The Kier molecular flexibility index (Phi) is 6.69. The molecule has 0 saturated heterocycles. The van der Waals surface area contributed by atoms with E-state index < -0.39 is 4.92 Å². The normalized spacial score (nSPS) is 11.8. The number of anilines is 1. The van der Waals surface area contributed by atoms with Crippen LogP contribution < -0.4 is 10.6 Å². The van der Waals surface area contributed by atoms with Crippen LogP contribution in [0.5, 0.6) is 0 Å². The van der Waals surface area contributed by atoms with Crippen molar-refractivity contribution in [1.82, 2.24) is 5.32 Å². The minimum atomic E-state index is -0.427. The molecule has 1 rings (SSSR count). The van der Waals surface area contributed by atoms with Crippen molar-refractivity contribution >= 4 is 39.9 Å². The summed E-state index contributed by atoms with van der Waals surface area (Å²) in [6, 6.07) is 5.10. The van der Waals surface area contributed by atoms with Crippen molar-refractivity contribution in [2.75, 3.05) is 11.9 Å². The highest BCUT2D eigenvalue weighted by Crippen LogP contribution is 2.26. The molecule has 0 fully saturated rings. The molecule has 2 N–H and O–H groups in total. The summed E-state index contributed by atoms with van der Waals surface area (Å²) in [6.07, 6.45) is 1.16. The van der Waals surface area contributed by atoms with Crippen LogP contribution in [0.4, 0.5) is 11.4 Å². The third-order valence-electron chi connectivity index (χ3n) is 2.84. The standard InChI is InChI=1S/C13H18IN3O3/c1-3-9(2)16-13(18)6-7-15-11-5-4-10(14)8-12(11)17(19)20/h4-5,8-9,15H,3,6-7H2,1-2H3,(H,16,18). The first-order valence-electron chi connectivity index (χ1n) is 6.41. The number of hydrogen-bond donors (Lipinski definition) is 2. The Bertz CT molecular complexity index is 494. The average Bonchev–Trinajstić information content (AvgIpc) is 2.39. The monoisotopic (exact) mass is 391 g/mol. The maximum Gasteiger partial charge on any atom is 0.293 e. The van der Waals surface area contributed by atoms with Crippen LogP contribution in [0.3, 0.4) is 0 Å². The van der Waals surface area contributed by atoms with Crippen LogP contribution in [0.15, 0.2) is 18.2 Å². The van der Waals surface area contributed by atoms with Crippen molar-refractivity contribution in [3.63, 3.8) is 0 Å². The van der Waals surface area contributed by atoms with E-state index in [9.17, 15) is 14.9 Å². The maximum absolute atomic E-state index is 11.6. The second-order valence-electron chi connectivity index (χ2n) is 4.47. The number of nitro groups is 1. The van der Waals surface area contributed by atoms with Gasteiger partial charge in [-0.15, -0.1) is 0 Å². The zero-order valence-electron chi connectivity index (χ0n) is 11.5. The number of nitrogens with zero attached hydrogens (tertiary/aromatic N) is 1. The quantitative estimate of drug-likeness (QED) is 0.425. The van der Waals surface area contributed by atoms with E-state index in [2.05, 4.69) is 10.6 Å². The van der Waals surface area contributed by atoms with Crippen LogP contribution in [0.2, 0.25) is 0 Å². The highest BCUT2D eigenvalue weighted by molar-refractivity contribution is 14.1. The Morgan fingerprint density at radius 1 is 1.50 bits per heavy atom. The van der Waals surface area contributed by atoms with E-state index in [1.807, 2.05) is 36.4 Å². The molecule has 0 aliphatic carbocycles. The Morgan fingerprint density at radius 3 is 2.80 bits per heavy atom. The van der Waals surface area contributed by atoms with Gasteiger partial charge in [-0.2, -0.15) is 0 Å². The lowest BCUT2D eigenvalue weighted by molar-refractivity contribution is -0.384. The van der Waals surface area contributed by atoms with Gasteiger partial charge in [-0.05, 0) is 48.1 Å². The van der Waals surface area contributed by atoms with Gasteiger partial charge in [0, 0.05) is 28.6 Å². The predicted octanol–water partition coefficient (Wildman–Crippen LogP) is 2.92. The van der Waals surface area contributed by atoms with E-state index in [4.69, 9.17) is 0 Å². The topological polar surface area (TPSA) is 84.3 Å². The fourth-order valence-electron chi connectivity index (χ4n) is 1.57. The number of amides is 1. The number of rotatable bonds is 7. The number of nitrogens with one attached hydrogen (secondary N) is 2. The van der Waals surface area contributed by atoms with Crippen LogP contribution in [0, 0.1) is 13.7 Å². The van der Waals surface area contributed by atoms with Gasteiger partial charge in [0.15, 0.2) is 0 Å². The number of carbonyl (C=O) groups excluding carboxylic acids is 1. The van der Waals surface area contributed by atoms with Gasteiger partial charge in [0.05, 0.1) is 4.92 Å². The van der Waals surface area contributed by atoms with Gasteiger partial charge < -0.3 is 10.6 Å². The molecular formula is C13H18IN3O3. The number of nitro benzene ring substituents is 1. The number of hydrogen-bond acceptors (Lipinski definition) is 4. The number of carbonyl (C=O) groups is 1. The zero-order chi connectivity index (χ0) is 15.1. The SMILES string of the molecule is CCC(C)NC(=O)CCNc1ccc(I)cc1[N+](=O)[O-]. The molecule has 1 atom stereocenters. The van der Waals surface area contributed by atoms with Crippen LogP contribution >= 0.6 is 22.6 Å². The molecule has 1 aromatic rings. The molecule has 1 unspecified atom stereocenters. The second kappa shape index (κ2) is 8.03. The molecule has 0 aromatic heterocycles. The Labute approximate surface area is 131 Å². The van der Waals surface area contributed by atoms with Crippen molar-refractivity contribution in [3.05, 3.63) is 31.9 Å². The summed E-state index contributed by atoms with van der Waals surface area (Å²) in [5.41, 5.74) is 0.464. The van der Waals surface area contributed by atoms with Crippen molar-refractivity contribution in [2.24, 2.45) is 0 Å². The van der Waals surface area contributed by atoms with E-state index >= 15 is 0 Å². The molecular weight excluding hydrogens is 373 g/mol. The van der Waals surface area contributed by atoms with Gasteiger partial charge in [-0.25, -0.2) is 0 Å². The maximum atomic E-state index is 11.6. The van der Waals surface area contributed by atoms with E-state index in [1.54, 1.807) is 12.1 Å².